The first-order valence-corrected chi connectivity index (χ1v) is 43.8. The monoisotopic (exact) mass is 1500 g/mol. The topological polar surface area (TPSA) is 237 Å². The van der Waals surface area contributed by atoms with Gasteiger partial charge in [-0.15, -0.1) is 0 Å². The fourth-order valence-corrected chi connectivity index (χ4v) is 12.3. The normalized spacial score (nSPS) is 14.5. The van der Waals surface area contributed by atoms with Gasteiger partial charge in [0.1, 0.15) is 19.3 Å². The number of hydrogen-bond donors (Lipinski definition) is 3. The van der Waals surface area contributed by atoms with Crippen molar-refractivity contribution >= 4 is 39.5 Å². The molecule has 0 bridgehead atoms. The van der Waals surface area contributed by atoms with Gasteiger partial charge in [-0.2, -0.15) is 0 Å². The van der Waals surface area contributed by atoms with Crippen LogP contribution in [0.2, 0.25) is 0 Å². The molecule has 0 spiro atoms. The molecular weight excluding hydrogens is 1350 g/mol. The quantitative estimate of drug-likeness (QED) is 0.0169. The van der Waals surface area contributed by atoms with Crippen LogP contribution in [-0.4, -0.2) is 96.7 Å². The molecule has 0 aliphatic carbocycles. The summed E-state index contributed by atoms with van der Waals surface area (Å²) in [6.45, 7) is 4.63. The lowest BCUT2D eigenvalue weighted by molar-refractivity contribution is -0.161. The van der Waals surface area contributed by atoms with Crippen LogP contribution in [0, 0.1) is 0 Å². The predicted octanol–water partition coefficient (Wildman–Crippen LogP) is 23.9. The first kappa shape index (κ1) is 99.5. The number of hydrogen-bond acceptors (Lipinski definition) is 15. The van der Waals surface area contributed by atoms with Crippen molar-refractivity contribution < 1.29 is 80.2 Å². The van der Waals surface area contributed by atoms with E-state index in [0.717, 1.165) is 154 Å². The maximum atomic E-state index is 13.1. The van der Waals surface area contributed by atoms with Gasteiger partial charge in [0.2, 0.25) is 0 Å². The van der Waals surface area contributed by atoms with Gasteiger partial charge in [0.15, 0.2) is 12.2 Å². The molecule has 0 aliphatic rings. The summed E-state index contributed by atoms with van der Waals surface area (Å²) in [5.74, 6) is -2.30. The van der Waals surface area contributed by atoms with E-state index in [0.29, 0.717) is 32.1 Å². The molecule has 0 radical (unpaired) electrons. The average Bonchev–Trinajstić information content (AvgIpc) is 0.943. The van der Waals surface area contributed by atoms with Crippen LogP contribution in [0.4, 0.5) is 0 Å². The smallest absolute Gasteiger partial charge is 0.462 e. The Kier molecular flexibility index (Phi) is 73.3. The molecule has 17 nitrogen and oxygen atoms in total. The fraction of sp³-hybridized carbons (Fsp3) is 0.718. The van der Waals surface area contributed by atoms with Gasteiger partial charge in [-0.1, -0.05) is 284 Å². The van der Waals surface area contributed by atoms with E-state index >= 15 is 0 Å². The van der Waals surface area contributed by atoms with Crippen LogP contribution in [0.1, 0.15) is 336 Å². The number of allylic oxidation sites excluding steroid dienone is 20. The van der Waals surface area contributed by atoms with Gasteiger partial charge in [0.05, 0.1) is 26.4 Å². The van der Waals surface area contributed by atoms with Gasteiger partial charge >= 0.3 is 39.5 Å². The summed E-state index contributed by atoms with van der Waals surface area (Å²) < 4.78 is 68.6. The predicted molar refractivity (Wildman–Crippen MR) is 427 cm³/mol. The summed E-state index contributed by atoms with van der Waals surface area (Å²) in [7, 11) is -9.99. The molecule has 0 saturated heterocycles. The van der Waals surface area contributed by atoms with Gasteiger partial charge in [0.25, 0.3) is 0 Å². The lowest BCUT2D eigenvalue weighted by atomic mass is 10.1. The number of rotatable bonds is 76. The Morgan fingerprint density at radius 1 is 0.279 bits per heavy atom. The van der Waals surface area contributed by atoms with Gasteiger partial charge < -0.3 is 33.8 Å². The highest BCUT2D eigenvalue weighted by molar-refractivity contribution is 7.47. The zero-order valence-electron chi connectivity index (χ0n) is 65.4. The minimum atomic E-state index is -5.00. The third kappa shape index (κ3) is 75.7. The molecule has 0 amide bonds. The minimum absolute atomic E-state index is 0.0355. The number of carbonyl (C=O) groups is 4. The first-order valence-electron chi connectivity index (χ1n) is 40.8. The van der Waals surface area contributed by atoms with E-state index in [-0.39, 0.29) is 25.7 Å². The van der Waals surface area contributed by atoms with Crippen LogP contribution in [0.5, 0.6) is 0 Å². The minimum Gasteiger partial charge on any atom is -0.462 e. The Hall–Kier alpha value is -4.54. The average molecular weight is 1500 g/mol. The van der Waals surface area contributed by atoms with Crippen LogP contribution in [0.3, 0.4) is 0 Å². The fourth-order valence-electron chi connectivity index (χ4n) is 10.7. The lowest BCUT2D eigenvalue weighted by Gasteiger charge is -2.21. The first-order chi connectivity index (χ1) is 50.7. The number of unbranched alkanes of at least 4 members (excludes halogenated alkanes) is 30. The molecule has 0 fully saturated rings. The molecule has 0 aromatic heterocycles. The van der Waals surface area contributed by atoms with E-state index < -0.39 is 97.5 Å². The second-order valence-corrected chi connectivity index (χ2v) is 29.9. The number of phosphoric ester groups is 2. The molecular formula is C85H146O17P2. The number of phosphoric acid groups is 2. The van der Waals surface area contributed by atoms with E-state index in [9.17, 15) is 43.2 Å². The molecule has 0 aliphatic heterocycles. The molecule has 19 heteroatoms. The molecule has 0 aromatic rings. The highest BCUT2D eigenvalue weighted by Gasteiger charge is 2.30. The van der Waals surface area contributed by atoms with E-state index in [1.54, 1.807) is 0 Å². The molecule has 2 unspecified atom stereocenters. The van der Waals surface area contributed by atoms with Crippen LogP contribution >= 0.6 is 15.6 Å². The molecule has 0 heterocycles. The van der Waals surface area contributed by atoms with Crippen molar-refractivity contribution in [1.82, 2.24) is 0 Å². The largest absolute Gasteiger partial charge is 0.472 e. The zero-order valence-corrected chi connectivity index (χ0v) is 67.2. The van der Waals surface area contributed by atoms with Crippen molar-refractivity contribution in [2.24, 2.45) is 0 Å². The maximum Gasteiger partial charge on any atom is 0.472 e. The summed E-state index contributed by atoms with van der Waals surface area (Å²) in [5.41, 5.74) is 0. The highest BCUT2D eigenvalue weighted by atomic mass is 31.2. The number of esters is 4. The Morgan fingerprint density at radius 2 is 0.519 bits per heavy atom. The molecule has 3 N–H and O–H groups in total. The summed E-state index contributed by atoms with van der Waals surface area (Å²) in [6, 6.07) is 0. The van der Waals surface area contributed by atoms with Crippen LogP contribution in [0.15, 0.2) is 122 Å². The van der Waals surface area contributed by atoms with Crippen molar-refractivity contribution in [2.45, 2.75) is 354 Å². The van der Waals surface area contributed by atoms with E-state index in [1.165, 1.54) is 96.3 Å². The van der Waals surface area contributed by atoms with Crippen molar-refractivity contribution in [3.05, 3.63) is 122 Å². The third-order valence-corrected chi connectivity index (χ3v) is 18.8. The van der Waals surface area contributed by atoms with Gasteiger partial charge in [-0.05, 0) is 148 Å². The number of aliphatic hydroxyl groups excluding tert-OH is 1. The van der Waals surface area contributed by atoms with E-state index in [4.69, 9.17) is 37.0 Å². The number of aliphatic hydroxyl groups is 1. The molecule has 104 heavy (non-hydrogen) atoms. The van der Waals surface area contributed by atoms with Crippen LogP contribution in [0.25, 0.3) is 0 Å². The van der Waals surface area contributed by atoms with Gasteiger partial charge in [0, 0.05) is 25.7 Å². The maximum absolute atomic E-state index is 13.1. The van der Waals surface area contributed by atoms with Crippen molar-refractivity contribution in [3.63, 3.8) is 0 Å². The van der Waals surface area contributed by atoms with Crippen molar-refractivity contribution in [1.29, 1.82) is 0 Å². The standard InChI is InChI=1S/C85H146O17P2/c1-5-9-13-17-21-25-29-33-37-38-39-40-44-48-52-56-60-64-68-72-85(90)102-81(76-96-83(88)70-66-62-58-54-50-46-42-35-31-27-23-19-15-11-7-3)78-100-104(93,94)98-74-79(86)73-97-103(91,92)99-77-80(101-84(89)71-67-63-59-55-51-47-43-36-32-28-24-20-16-12-8-4)75-95-82(87)69-65-61-57-53-49-45-41-34-30-26-22-18-14-10-6-2/h9,13,21,23,25,27,33-37,39-43,48,52,60,64,79-81,86H,5-8,10-12,14-20,22,24,26,28-32,38,44-47,49-51,53-59,61-63,65-78H2,1-4H3,(H,91,92)(H,93,94)/b13-9-,25-21-,27-23-,37-33-,40-39-,41-34-,42-35-,43-36-,52-48-,64-60-/t79-,80+,81+/m0/s1. The highest BCUT2D eigenvalue weighted by Crippen LogP contribution is 2.45. The Bertz CT molecular complexity index is 2440. The van der Waals surface area contributed by atoms with Gasteiger partial charge in [-0.25, -0.2) is 9.13 Å². The summed E-state index contributed by atoms with van der Waals surface area (Å²) in [5, 5.41) is 10.6. The molecule has 0 rings (SSSR count). The van der Waals surface area contributed by atoms with Gasteiger partial charge in [-0.3, -0.25) is 37.3 Å². The Balaban J connectivity index is 5.45. The third-order valence-electron chi connectivity index (χ3n) is 16.9. The Labute approximate surface area is 632 Å². The van der Waals surface area contributed by atoms with Crippen LogP contribution in [-0.2, 0) is 65.4 Å². The second kappa shape index (κ2) is 76.6. The zero-order chi connectivity index (χ0) is 76.0. The Morgan fingerprint density at radius 3 is 0.856 bits per heavy atom. The van der Waals surface area contributed by atoms with E-state index in [2.05, 4.69) is 131 Å². The van der Waals surface area contributed by atoms with Crippen LogP contribution < -0.4 is 0 Å². The molecule has 5 atom stereocenters. The number of carbonyl (C=O) groups excluding carboxylic acids is 4. The molecule has 598 valence electrons. The number of ether oxygens (including phenoxy) is 4. The van der Waals surface area contributed by atoms with Crippen molar-refractivity contribution in [3.8, 4) is 0 Å². The molecule has 0 aromatic carbocycles. The van der Waals surface area contributed by atoms with Crippen molar-refractivity contribution in [2.75, 3.05) is 39.6 Å². The SMILES string of the molecule is CC/C=C\C/C=C\C/C=C\C/C=C\C/C=C\C/C=C\CCC(=O)O[C@H](COC(=O)CCCCCCC/C=C\C/C=C\CCCCC)COP(=O)(O)OC[C@@H](O)COP(=O)(O)OC[C@@H](COC(=O)CCCCCCC/C=C\CCCCCCCC)OC(=O)CCCCCCC/C=C\CCCCCCCC. The van der Waals surface area contributed by atoms with E-state index in [1.807, 2.05) is 18.2 Å². The summed E-state index contributed by atoms with van der Waals surface area (Å²) in [4.78, 5) is 73.0. The summed E-state index contributed by atoms with van der Waals surface area (Å²) in [6.07, 6.45) is 84.7. The second-order valence-electron chi connectivity index (χ2n) is 27.0. The summed E-state index contributed by atoms with van der Waals surface area (Å²) >= 11 is 0. The molecule has 0 saturated carbocycles. The lowest BCUT2D eigenvalue weighted by Crippen LogP contribution is -2.30.